The molecule has 0 saturated carbocycles. The van der Waals surface area contributed by atoms with Crippen molar-refractivity contribution in [1.29, 1.82) is 5.26 Å². The second kappa shape index (κ2) is 4.73. The Bertz CT molecular complexity index is 546. The predicted octanol–water partition coefficient (Wildman–Crippen LogP) is 3.42. The molecule has 2 aromatic carbocycles. The maximum Gasteiger partial charge on any atom is 0.116 e. The lowest BCUT2D eigenvalue weighted by Crippen LogP contribution is -1.79. The van der Waals surface area contributed by atoms with Crippen molar-refractivity contribution < 1.29 is 5.11 Å². The first-order chi connectivity index (χ1) is 7.79. The summed E-state index contributed by atoms with van der Waals surface area (Å²) in [6.45, 7) is 0. The monoisotopic (exact) mass is 227 g/mol. The molecule has 0 fully saturated rings. The lowest BCUT2D eigenvalue weighted by Gasteiger charge is -2.03. The Hall–Kier alpha value is -1.92. The highest BCUT2D eigenvalue weighted by Gasteiger charge is 2.03. The molecular weight excluding hydrogens is 218 g/mol. The van der Waals surface area contributed by atoms with Gasteiger partial charge in [0.1, 0.15) is 11.8 Å². The number of aromatic hydroxyl groups is 1. The largest absolute Gasteiger partial charge is 0.508 e. The van der Waals surface area contributed by atoms with E-state index in [9.17, 15) is 5.11 Å². The standard InChI is InChI=1S/C13H9NOS/c14-9-10-4-1-2-7-13(10)16-12-6-3-5-11(15)8-12/h1-8,15H. The Morgan fingerprint density at radius 3 is 2.62 bits per heavy atom. The minimum absolute atomic E-state index is 0.236. The number of benzene rings is 2. The topological polar surface area (TPSA) is 44.0 Å². The van der Waals surface area contributed by atoms with Crippen LogP contribution in [0.5, 0.6) is 5.75 Å². The summed E-state index contributed by atoms with van der Waals surface area (Å²) < 4.78 is 0. The highest BCUT2D eigenvalue weighted by molar-refractivity contribution is 7.99. The van der Waals surface area contributed by atoms with Gasteiger partial charge in [-0.25, -0.2) is 0 Å². The van der Waals surface area contributed by atoms with Gasteiger partial charge in [0.2, 0.25) is 0 Å². The Labute approximate surface area is 98.2 Å². The van der Waals surface area contributed by atoms with Crippen molar-refractivity contribution >= 4 is 11.8 Å². The molecule has 2 nitrogen and oxygen atoms in total. The molecule has 16 heavy (non-hydrogen) atoms. The highest BCUT2D eigenvalue weighted by Crippen LogP contribution is 2.31. The first kappa shape index (κ1) is 10.6. The SMILES string of the molecule is N#Cc1ccccc1Sc1cccc(O)c1. The van der Waals surface area contributed by atoms with E-state index in [-0.39, 0.29) is 5.75 Å². The molecule has 0 aromatic heterocycles. The van der Waals surface area contributed by atoms with E-state index in [0.29, 0.717) is 5.56 Å². The second-order valence-electron chi connectivity index (χ2n) is 3.21. The maximum absolute atomic E-state index is 9.34. The van der Waals surface area contributed by atoms with E-state index in [1.54, 1.807) is 24.3 Å². The minimum atomic E-state index is 0.236. The molecule has 0 amide bonds. The molecule has 0 aliphatic carbocycles. The molecule has 0 aliphatic rings. The van der Waals surface area contributed by atoms with Crippen molar-refractivity contribution in [3.63, 3.8) is 0 Å². The van der Waals surface area contributed by atoms with Crippen LogP contribution < -0.4 is 0 Å². The summed E-state index contributed by atoms with van der Waals surface area (Å²) in [6, 6.07) is 16.5. The van der Waals surface area contributed by atoms with Crippen LogP contribution in [0.2, 0.25) is 0 Å². The summed E-state index contributed by atoms with van der Waals surface area (Å²) in [4.78, 5) is 1.82. The van der Waals surface area contributed by atoms with Crippen LogP contribution >= 0.6 is 11.8 Å². The fourth-order valence-corrected chi connectivity index (χ4v) is 2.27. The number of phenolic OH excluding ortho intramolecular Hbond substituents is 1. The first-order valence-electron chi connectivity index (χ1n) is 4.75. The summed E-state index contributed by atoms with van der Waals surface area (Å²) in [5.74, 6) is 0.236. The Kier molecular flexibility index (Phi) is 3.13. The Balaban J connectivity index is 2.31. The van der Waals surface area contributed by atoms with Gasteiger partial charge in [-0.2, -0.15) is 5.26 Å². The number of hydrogen-bond acceptors (Lipinski definition) is 3. The van der Waals surface area contributed by atoms with Crippen molar-refractivity contribution in [2.24, 2.45) is 0 Å². The summed E-state index contributed by atoms with van der Waals surface area (Å²) in [6.07, 6.45) is 0. The zero-order valence-electron chi connectivity index (χ0n) is 8.42. The zero-order valence-corrected chi connectivity index (χ0v) is 9.24. The van der Waals surface area contributed by atoms with Crippen LogP contribution in [0.25, 0.3) is 0 Å². The van der Waals surface area contributed by atoms with E-state index in [1.165, 1.54) is 11.8 Å². The molecule has 78 valence electrons. The van der Waals surface area contributed by atoms with E-state index in [0.717, 1.165) is 9.79 Å². The number of nitrogens with zero attached hydrogens (tertiary/aromatic N) is 1. The van der Waals surface area contributed by atoms with Gasteiger partial charge in [0, 0.05) is 9.79 Å². The summed E-state index contributed by atoms with van der Waals surface area (Å²) >= 11 is 1.47. The third-order valence-corrected chi connectivity index (χ3v) is 3.12. The molecule has 0 aliphatic heterocycles. The lowest BCUT2D eigenvalue weighted by molar-refractivity contribution is 0.474. The van der Waals surface area contributed by atoms with Gasteiger partial charge in [0.15, 0.2) is 0 Å². The van der Waals surface area contributed by atoms with Crippen LogP contribution in [-0.2, 0) is 0 Å². The van der Waals surface area contributed by atoms with E-state index < -0.39 is 0 Å². The Morgan fingerprint density at radius 2 is 1.88 bits per heavy atom. The molecule has 0 saturated heterocycles. The molecule has 3 heteroatoms. The van der Waals surface area contributed by atoms with Gasteiger partial charge in [-0.15, -0.1) is 0 Å². The summed E-state index contributed by atoms with van der Waals surface area (Å²) in [5.41, 5.74) is 0.649. The number of nitriles is 1. The average molecular weight is 227 g/mol. The lowest BCUT2D eigenvalue weighted by atomic mass is 10.2. The van der Waals surface area contributed by atoms with Gasteiger partial charge in [-0.3, -0.25) is 0 Å². The third-order valence-electron chi connectivity index (χ3n) is 2.05. The molecule has 0 heterocycles. The van der Waals surface area contributed by atoms with Gasteiger partial charge in [0.05, 0.1) is 5.56 Å². The smallest absolute Gasteiger partial charge is 0.116 e. The zero-order chi connectivity index (χ0) is 11.4. The van der Waals surface area contributed by atoms with Crippen LogP contribution in [0.4, 0.5) is 0 Å². The molecular formula is C13H9NOS. The van der Waals surface area contributed by atoms with Crippen LogP contribution in [0.15, 0.2) is 58.3 Å². The van der Waals surface area contributed by atoms with Gasteiger partial charge < -0.3 is 5.11 Å². The van der Waals surface area contributed by atoms with Crippen molar-refractivity contribution in [2.75, 3.05) is 0 Å². The number of hydrogen-bond donors (Lipinski definition) is 1. The average Bonchev–Trinajstić information content (AvgIpc) is 2.30. The highest BCUT2D eigenvalue weighted by atomic mass is 32.2. The molecule has 0 radical (unpaired) electrons. The van der Waals surface area contributed by atoms with Crippen molar-refractivity contribution in [1.82, 2.24) is 0 Å². The number of phenols is 1. The van der Waals surface area contributed by atoms with Crippen molar-refractivity contribution in [2.45, 2.75) is 9.79 Å². The molecule has 0 atom stereocenters. The first-order valence-corrected chi connectivity index (χ1v) is 5.57. The van der Waals surface area contributed by atoms with Crippen molar-refractivity contribution in [3.05, 3.63) is 54.1 Å². The normalized spacial score (nSPS) is 9.69. The fraction of sp³-hybridized carbons (Fsp3) is 0. The predicted molar refractivity (Wildman–Crippen MR) is 63.4 cm³/mol. The van der Waals surface area contributed by atoms with Gasteiger partial charge in [-0.05, 0) is 30.3 Å². The molecule has 0 unspecified atom stereocenters. The van der Waals surface area contributed by atoms with Gasteiger partial charge in [-0.1, -0.05) is 30.0 Å². The number of rotatable bonds is 2. The van der Waals surface area contributed by atoms with Crippen LogP contribution in [0.1, 0.15) is 5.56 Å². The van der Waals surface area contributed by atoms with E-state index in [2.05, 4.69) is 6.07 Å². The van der Waals surface area contributed by atoms with Crippen LogP contribution in [-0.4, -0.2) is 5.11 Å². The molecule has 1 N–H and O–H groups in total. The summed E-state index contributed by atoms with van der Waals surface area (Å²) in [7, 11) is 0. The van der Waals surface area contributed by atoms with E-state index >= 15 is 0 Å². The van der Waals surface area contributed by atoms with Crippen molar-refractivity contribution in [3.8, 4) is 11.8 Å². The van der Waals surface area contributed by atoms with Crippen LogP contribution in [0.3, 0.4) is 0 Å². The molecule has 0 bridgehead atoms. The minimum Gasteiger partial charge on any atom is -0.508 e. The Morgan fingerprint density at radius 1 is 1.06 bits per heavy atom. The third kappa shape index (κ3) is 2.36. The van der Waals surface area contributed by atoms with Crippen LogP contribution in [0, 0.1) is 11.3 Å². The summed E-state index contributed by atoms with van der Waals surface area (Å²) in [5, 5.41) is 18.3. The van der Waals surface area contributed by atoms with Gasteiger partial charge >= 0.3 is 0 Å². The quantitative estimate of drug-likeness (QED) is 0.855. The van der Waals surface area contributed by atoms with E-state index in [1.807, 2.05) is 24.3 Å². The second-order valence-corrected chi connectivity index (χ2v) is 4.32. The maximum atomic E-state index is 9.34. The van der Waals surface area contributed by atoms with Gasteiger partial charge in [0.25, 0.3) is 0 Å². The fourth-order valence-electron chi connectivity index (χ4n) is 1.32. The molecule has 2 rings (SSSR count). The molecule has 0 spiro atoms. The molecule has 2 aromatic rings. The van der Waals surface area contributed by atoms with E-state index in [4.69, 9.17) is 5.26 Å².